The molecule has 21 heavy (non-hydrogen) atoms. The molecule has 4 heteroatoms. The Kier molecular flexibility index (Phi) is 3.72. The summed E-state index contributed by atoms with van der Waals surface area (Å²) in [4.78, 5) is 17.7. The monoisotopic (exact) mass is 285 g/mol. The largest absolute Gasteiger partial charge is 0.361 e. The molecule has 3 atom stereocenters. The third-order valence-corrected chi connectivity index (χ3v) is 4.73. The van der Waals surface area contributed by atoms with E-state index in [-0.39, 0.29) is 5.91 Å². The topological polar surface area (TPSA) is 62.1 Å². The van der Waals surface area contributed by atoms with E-state index in [2.05, 4.69) is 24.9 Å². The third-order valence-electron chi connectivity index (χ3n) is 4.73. The van der Waals surface area contributed by atoms with Crippen LogP contribution in [-0.2, 0) is 11.2 Å². The summed E-state index contributed by atoms with van der Waals surface area (Å²) in [5, 5.41) is 1.16. The molecule has 1 amide bonds. The molecule has 0 radical (unpaired) electrons. The fourth-order valence-corrected chi connectivity index (χ4v) is 3.17. The number of para-hydroxylation sites is 1. The van der Waals surface area contributed by atoms with Crippen LogP contribution in [0.3, 0.4) is 0 Å². The number of hydrogen-bond donors (Lipinski definition) is 2. The normalized spacial score (nSPS) is 23.7. The molecular weight excluding hydrogens is 262 g/mol. The van der Waals surface area contributed by atoms with E-state index in [0.29, 0.717) is 18.3 Å². The van der Waals surface area contributed by atoms with Gasteiger partial charge in [0.05, 0.1) is 6.04 Å². The van der Waals surface area contributed by atoms with Crippen LogP contribution in [0, 0.1) is 11.8 Å². The molecule has 1 fully saturated rings. The van der Waals surface area contributed by atoms with Crippen molar-refractivity contribution in [2.24, 2.45) is 17.6 Å². The fourth-order valence-electron chi connectivity index (χ4n) is 3.17. The van der Waals surface area contributed by atoms with Crippen molar-refractivity contribution in [2.45, 2.75) is 26.3 Å². The van der Waals surface area contributed by atoms with Crippen LogP contribution in [0.25, 0.3) is 10.9 Å². The molecule has 1 aliphatic rings. The number of H-pyrrole nitrogens is 1. The Morgan fingerprint density at radius 2 is 2.00 bits per heavy atom. The summed E-state index contributed by atoms with van der Waals surface area (Å²) < 4.78 is 0. The molecule has 4 nitrogen and oxygen atoms in total. The summed E-state index contributed by atoms with van der Waals surface area (Å²) in [6.45, 7) is 6.06. The zero-order chi connectivity index (χ0) is 15.0. The predicted octanol–water partition coefficient (Wildman–Crippen LogP) is 2.15. The van der Waals surface area contributed by atoms with Crippen molar-refractivity contribution in [3.63, 3.8) is 0 Å². The predicted molar refractivity (Wildman–Crippen MR) is 84.9 cm³/mol. The van der Waals surface area contributed by atoms with Gasteiger partial charge >= 0.3 is 0 Å². The van der Waals surface area contributed by atoms with Crippen LogP contribution in [0.15, 0.2) is 30.5 Å². The summed E-state index contributed by atoms with van der Waals surface area (Å²) in [6.07, 6.45) is 2.55. The summed E-state index contributed by atoms with van der Waals surface area (Å²) in [5.74, 6) is 1.21. The van der Waals surface area contributed by atoms with Gasteiger partial charge in [0.2, 0.25) is 5.91 Å². The van der Waals surface area contributed by atoms with Crippen LogP contribution >= 0.6 is 0 Å². The van der Waals surface area contributed by atoms with Gasteiger partial charge in [-0.3, -0.25) is 4.79 Å². The SMILES string of the molecule is CC1CN(C(=O)[C@@H](N)Cc2c[nH]c3ccccc23)CC1C. The highest BCUT2D eigenvalue weighted by Gasteiger charge is 2.31. The maximum absolute atomic E-state index is 12.5. The van der Waals surface area contributed by atoms with Gasteiger partial charge in [0.25, 0.3) is 0 Å². The second-order valence-electron chi connectivity index (χ2n) is 6.37. The van der Waals surface area contributed by atoms with Crippen molar-refractivity contribution in [1.82, 2.24) is 9.88 Å². The molecule has 1 aromatic heterocycles. The standard InChI is InChI=1S/C17H23N3O/c1-11-9-20(10-12(11)2)17(21)15(18)7-13-8-19-16-6-4-3-5-14(13)16/h3-6,8,11-12,15,19H,7,9-10,18H2,1-2H3/t11?,12?,15-/m0/s1. The third kappa shape index (κ3) is 2.68. The number of carbonyl (C=O) groups excluding carboxylic acids is 1. The van der Waals surface area contributed by atoms with Crippen molar-refractivity contribution in [2.75, 3.05) is 13.1 Å². The molecule has 3 rings (SSSR count). The van der Waals surface area contributed by atoms with E-state index in [1.165, 1.54) is 0 Å². The lowest BCUT2D eigenvalue weighted by Crippen LogP contribution is -2.44. The highest BCUT2D eigenvalue weighted by Crippen LogP contribution is 2.24. The van der Waals surface area contributed by atoms with E-state index in [1.807, 2.05) is 29.3 Å². The molecule has 0 aliphatic carbocycles. The average Bonchev–Trinajstić information content (AvgIpc) is 3.03. The maximum Gasteiger partial charge on any atom is 0.239 e. The first-order chi connectivity index (χ1) is 10.1. The smallest absolute Gasteiger partial charge is 0.239 e. The molecular formula is C17H23N3O. The van der Waals surface area contributed by atoms with Crippen LogP contribution in [0.2, 0.25) is 0 Å². The van der Waals surface area contributed by atoms with E-state index in [9.17, 15) is 4.79 Å². The minimum atomic E-state index is -0.457. The molecule has 3 N–H and O–H groups in total. The lowest BCUT2D eigenvalue weighted by Gasteiger charge is -2.20. The lowest BCUT2D eigenvalue weighted by atomic mass is 10.0. The summed E-state index contributed by atoms with van der Waals surface area (Å²) in [5.41, 5.74) is 8.38. The van der Waals surface area contributed by atoms with Crippen LogP contribution in [0.4, 0.5) is 0 Å². The number of carbonyl (C=O) groups is 1. The van der Waals surface area contributed by atoms with Crippen molar-refractivity contribution in [3.8, 4) is 0 Å². The van der Waals surface area contributed by atoms with Crippen molar-refractivity contribution < 1.29 is 4.79 Å². The number of aromatic amines is 1. The summed E-state index contributed by atoms with van der Waals surface area (Å²) in [6, 6.07) is 7.66. The second-order valence-corrected chi connectivity index (χ2v) is 6.37. The molecule has 0 spiro atoms. The molecule has 2 unspecified atom stereocenters. The Bertz CT molecular complexity index is 638. The van der Waals surface area contributed by atoms with Crippen molar-refractivity contribution >= 4 is 16.8 Å². The van der Waals surface area contributed by atoms with Crippen LogP contribution in [0.1, 0.15) is 19.4 Å². The number of hydrogen-bond acceptors (Lipinski definition) is 2. The lowest BCUT2D eigenvalue weighted by molar-refractivity contribution is -0.131. The van der Waals surface area contributed by atoms with Gasteiger partial charge in [-0.15, -0.1) is 0 Å². The molecule has 1 aliphatic heterocycles. The van der Waals surface area contributed by atoms with E-state index in [0.717, 1.165) is 29.6 Å². The van der Waals surface area contributed by atoms with Gasteiger partial charge in [0, 0.05) is 30.2 Å². The fraction of sp³-hybridized carbons (Fsp3) is 0.471. The molecule has 0 bridgehead atoms. The minimum Gasteiger partial charge on any atom is -0.361 e. The molecule has 1 aromatic carbocycles. The number of benzene rings is 1. The zero-order valence-electron chi connectivity index (χ0n) is 12.7. The van der Waals surface area contributed by atoms with E-state index >= 15 is 0 Å². The Hall–Kier alpha value is -1.81. The first kappa shape index (κ1) is 14.1. The Labute approximate surface area is 125 Å². The van der Waals surface area contributed by atoms with Gasteiger partial charge in [-0.2, -0.15) is 0 Å². The zero-order valence-corrected chi connectivity index (χ0v) is 12.7. The number of aromatic nitrogens is 1. The summed E-state index contributed by atoms with van der Waals surface area (Å²) >= 11 is 0. The van der Waals surface area contributed by atoms with Crippen molar-refractivity contribution in [3.05, 3.63) is 36.0 Å². The van der Waals surface area contributed by atoms with Gasteiger partial charge in [-0.1, -0.05) is 32.0 Å². The van der Waals surface area contributed by atoms with E-state index in [1.54, 1.807) is 0 Å². The Balaban J connectivity index is 1.71. The number of amides is 1. The van der Waals surface area contributed by atoms with E-state index in [4.69, 9.17) is 5.73 Å². The van der Waals surface area contributed by atoms with Crippen LogP contribution in [-0.4, -0.2) is 34.9 Å². The quantitative estimate of drug-likeness (QED) is 0.907. The Morgan fingerprint density at radius 1 is 1.33 bits per heavy atom. The number of nitrogens with one attached hydrogen (secondary N) is 1. The highest BCUT2D eigenvalue weighted by molar-refractivity contribution is 5.86. The number of fused-ring (bicyclic) bond motifs is 1. The number of nitrogens with zero attached hydrogens (tertiary/aromatic N) is 1. The minimum absolute atomic E-state index is 0.0801. The number of rotatable bonds is 3. The van der Waals surface area contributed by atoms with Crippen molar-refractivity contribution in [1.29, 1.82) is 0 Å². The highest BCUT2D eigenvalue weighted by atomic mass is 16.2. The molecule has 0 saturated carbocycles. The average molecular weight is 285 g/mol. The Morgan fingerprint density at radius 3 is 2.71 bits per heavy atom. The van der Waals surface area contributed by atoms with Gasteiger partial charge in [0.1, 0.15) is 0 Å². The number of likely N-dealkylation sites (tertiary alicyclic amines) is 1. The van der Waals surface area contributed by atoms with Gasteiger partial charge in [-0.05, 0) is 29.9 Å². The maximum atomic E-state index is 12.5. The molecule has 2 aromatic rings. The van der Waals surface area contributed by atoms with Gasteiger partial charge in [-0.25, -0.2) is 0 Å². The molecule has 2 heterocycles. The van der Waals surface area contributed by atoms with Gasteiger partial charge < -0.3 is 15.6 Å². The van der Waals surface area contributed by atoms with Crippen LogP contribution in [0.5, 0.6) is 0 Å². The summed E-state index contributed by atoms with van der Waals surface area (Å²) in [7, 11) is 0. The van der Waals surface area contributed by atoms with Gasteiger partial charge in [0.15, 0.2) is 0 Å². The molecule has 112 valence electrons. The first-order valence-electron chi connectivity index (χ1n) is 7.65. The second kappa shape index (κ2) is 5.53. The van der Waals surface area contributed by atoms with Crippen LogP contribution < -0.4 is 5.73 Å². The van der Waals surface area contributed by atoms with E-state index < -0.39 is 6.04 Å². The molecule has 1 saturated heterocycles. The number of nitrogens with two attached hydrogens (primary N) is 1. The first-order valence-corrected chi connectivity index (χ1v) is 7.65.